The second-order valence-electron chi connectivity index (χ2n) is 18.5. The maximum atomic E-state index is 14.4. The van der Waals surface area contributed by atoms with Gasteiger partial charge in [-0.05, 0) is 114 Å². The molecule has 4 fully saturated rings. The topological polar surface area (TPSA) is 145 Å². The van der Waals surface area contributed by atoms with E-state index in [4.69, 9.17) is 4.42 Å². The molecule has 0 spiro atoms. The number of aromatic nitrogens is 6. The molecule has 9 rings (SSSR count). The third-order valence-electron chi connectivity index (χ3n) is 14.2. The summed E-state index contributed by atoms with van der Waals surface area (Å²) >= 11 is 0. The SMILES string of the molecule is CN(C(=O)c1coc(-c2ccnc(CCC3CC3)c2)n1)c1cn(C2CCC(CN(C)C3CCN(Cc4cccc5c4n(C)c(=O)n5C4CCC(=O)CC4=O)CC3)CC2)nc1C(F)F. The minimum atomic E-state index is -2.86. The van der Waals surface area contributed by atoms with Crippen LogP contribution < -0.4 is 10.6 Å². The number of ketones is 2. The van der Waals surface area contributed by atoms with Crippen LogP contribution in [0.15, 0.2) is 58.2 Å². The van der Waals surface area contributed by atoms with E-state index in [0.29, 0.717) is 36.9 Å². The fourth-order valence-corrected chi connectivity index (χ4v) is 10.3. The van der Waals surface area contributed by atoms with E-state index in [1.165, 1.54) is 31.1 Å². The molecule has 334 valence electrons. The molecule has 0 radical (unpaired) electrons. The quantitative estimate of drug-likeness (QED) is 0.104. The van der Waals surface area contributed by atoms with Crippen LogP contribution in [0.2, 0.25) is 0 Å². The van der Waals surface area contributed by atoms with Crippen LogP contribution in [0.4, 0.5) is 14.5 Å². The van der Waals surface area contributed by atoms with Crippen molar-refractivity contribution in [3.8, 4) is 11.5 Å². The molecule has 1 unspecified atom stereocenters. The molecule has 4 aromatic heterocycles. The Morgan fingerprint density at radius 1 is 0.968 bits per heavy atom. The number of Topliss-reactive ketones (excluding diaryl/α,β-unsaturated/α-hetero) is 2. The number of aryl methyl sites for hydroxylation is 2. The van der Waals surface area contributed by atoms with Gasteiger partial charge in [0.25, 0.3) is 12.3 Å². The van der Waals surface area contributed by atoms with E-state index in [1.807, 2.05) is 18.2 Å². The second-order valence-corrected chi connectivity index (χ2v) is 18.5. The van der Waals surface area contributed by atoms with Crippen LogP contribution in [0, 0.1) is 11.8 Å². The van der Waals surface area contributed by atoms with Crippen LogP contribution in [-0.2, 0) is 29.6 Å². The lowest BCUT2D eigenvalue weighted by molar-refractivity contribution is -0.132. The number of halogens is 2. The lowest BCUT2D eigenvalue weighted by Crippen LogP contribution is -2.44. The Balaban J connectivity index is 0.772. The minimum Gasteiger partial charge on any atom is -0.444 e. The van der Waals surface area contributed by atoms with E-state index in [1.54, 1.807) is 39.3 Å². The Morgan fingerprint density at radius 3 is 2.46 bits per heavy atom. The number of fused-ring (bicyclic) bond motifs is 1. The number of oxazole rings is 1. The van der Waals surface area contributed by atoms with Crippen molar-refractivity contribution in [3.05, 3.63) is 82.1 Å². The summed E-state index contributed by atoms with van der Waals surface area (Å²) in [6.45, 7) is 3.51. The molecule has 16 heteroatoms. The molecule has 5 aromatic rings. The number of hydrogen-bond acceptors (Lipinski definition) is 10. The Kier molecular flexibility index (Phi) is 12.3. The number of imidazole rings is 1. The van der Waals surface area contributed by atoms with E-state index in [2.05, 4.69) is 38.0 Å². The number of rotatable bonds is 14. The van der Waals surface area contributed by atoms with Gasteiger partial charge < -0.3 is 14.2 Å². The molecular formula is C47H57F2N9O5. The van der Waals surface area contributed by atoms with Crippen molar-refractivity contribution in [2.75, 3.05) is 38.6 Å². The predicted octanol–water partition coefficient (Wildman–Crippen LogP) is 7.33. The van der Waals surface area contributed by atoms with Crippen LogP contribution in [-0.4, -0.2) is 95.9 Å². The van der Waals surface area contributed by atoms with Crippen LogP contribution >= 0.6 is 0 Å². The van der Waals surface area contributed by atoms with Crippen molar-refractivity contribution < 1.29 is 27.6 Å². The molecule has 1 aliphatic heterocycles. The number of pyridine rings is 1. The molecule has 0 N–H and O–H groups in total. The van der Waals surface area contributed by atoms with Crippen LogP contribution in [0.1, 0.15) is 123 Å². The summed E-state index contributed by atoms with van der Waals surface area (Å²) in [5.41, 5.74) is 3.73. The standard InChI is InChI=1S/C47H57F2N9O5/c1-53(34-18-21-56(22-19-34)26-32-5-4-6-39-43(32)55(3)47(62)58(39)38-16-15-36(59)24-41(38)60)25-30-10-13-35(14-11-30)57-27-40(42(52-57)44(48)49)54(2)46(61)37-28-63-45(51-37)31-17-20-50-33(23-31)12-9-29-7-8-29/h4-6,17,20,23,27-30,34-35,38,44H,7-16,18-19,21-22,24-26H2,1-3H3. The predicted molar refractivity (Wildman–Crippen MR) is 233 cm³/mol. The van der Waals surface area contributed by atoms with E-state index in [9.17, 15) is 28.0 Å². The maximum Gasteiger partial charge on any atom is 0.329 e. The Morgan fingerprint density at radius 2 is 1.73 bits per heavy atom. The summed E-state index contributed by atoms with van der Waals surface area (Å²) in [6.07, 6.45) is 12.3. The second kappa shape index (κ2) is 18.0. The summed E-state index contributed by atoms with van der Waals surface area (Å²) in [7, 11) is 5.44. The third kappa shape index (κ3) is 9.06. The van der Waals surface area contributed by atoms with Gasteiger partial charge in [-0.2, -0.15) is 5.10 Å². The van der Waals surface area contributed by atoms with Gasteiger partial charge in [-0.15, -0.1) is 0 Å². The first-order valence-corrected chi connectivity index (χ1v) is 22.6. The highest BCUT2D eigenvalue weighted by Crippen LogP contribution is 2.38. The molecule has 63 heavy (non-hydrogen) atoms. The number of nitrogens with zero attached hydrogens (tertiary/aromatic N) is 9. The van der Waals surface area contributed by atoms with E-state index in [-0.39, 0.29) is 47.0 Å². The first kappa shape index (κ1) is 42.9. The van der Waals surface area contributed by atoms with Gasteiger partial charge in [-0.25, -0.2) is 18.6 Å². The normalized spacial score (nSPS) is 21.6. The molecule has 3 saturated carbocycles. The third-order valence-corrected chi connectivity index (χ3v) is 14.2. The van der Waals surface area contributed by atoms with Crippen LogP contribution in [0.5, 0.6) is 0 Å². The smallest absolute Gasteiger partial charge is 0.329 e. The number of anilines is 1. The van der Waals surface area contributed by atoms with Crippen molar-refractivity contribution in [3.63, 3.8) is 0 Å². The number of alkyl halides is 2. The number of amides is 1. The average molecular weight is 866 g/mol. The minimum absolute atomic E-state index is 0.0268. The van der Waals surface area contributed by atoms with Crippen LogP contribution in [0.3, 0.4) is 0 Å². The monoisotopic (exact) mass is 865 g/mol. The number of likely N-dealkylation sites (tertiary alicyclic amines) is 1. The maximum absolute atomic E-state index is 14.4. The van der Waals surface area contributed by atoms with Gasteiger partial charge in [0.05, 0.1) is 35.2 Å². The van der Waals surface area contributed by atoms with Gasteiger partial charge in [-0.3, -0.25) is 38.1 Å². The molecule has 1 aromatic carbocycles. The highest BCUT2D eigenvalue weighted by molar-refractivity contribution is 6.05. The van der Waals surface area contributed by atoms with Gasteiger partial charge in [0.15, 0.2) is 17.2 Å². The van der Waals surface area contributed by atoms with Gasteiger partial charge in [0.2, 0.25) is 5.89 Å². The molecule has 1 atom stereocenters. The summed E-state index contributed by atoms with van der Waals surface area (Å²) < 4.78 is 39.4. The number of carbonyl (C=O) groups excluding carboxylic acids is 3. The Hall–Kier alpha value is -5.35. The van der Waals surface area contributed by atoms with Crippen molar-refractivity contribution >= 4 is 34.2 Å². The van der Waals surface area contributed by atoms with Crippen molar-refractivity contribution in [2.24, 2.45) is 18.9 Å². The first-order chi connectivity index (χ1) is 30.4. The molecule has 0 bridgehead atoms. The molecule has 1 amide bonds. The van der Waals surface area contributed by atoms with E-state index >= 15 is 0 Å². The number of carbonyl (C=O) groups is 3. The molecule has 3 aliphatic carbocycles. The lowest BCUT2D eigenvalue weighted by Gasteiger charge is -2.39. The number of para-hydroxylation sites is 1. The van der Waals surface area contributed by atoms with Gasteiger partial charge >= 0.3 is 5.69 Å². The number of hydrogen-bond donors (Lipinski definition) is 0. The van der Waals surface area contributed by atoms with Crippen molar-refractivity contribution in [1.29, 1.82) is 0 Å². The first-order valence-electron chi connectivity index (χ1n) is 22.6. The zero-order valence-electron chi connectivity index (χ0n) is 36.4. The van der Waals surface area contributed by atoms with Gasteiger partial charge in [0.1, 0.15) is 12.0 Å². The fourth-order valence-electron chi connectivity index (χ4n) is 10.3. The summed E-state index contributed by atoms with van der Waals surface area (Å²) in [6, 6.07) is 9.42. The average Bonchev–Trinajstić information content (AvgIpc) is 3.67. The van der Waals surface area contributed by atoms with Crippen molar-refractivity contribution in [2.45, 2.75) is 115 Å². The van der Waals surface area contributed by atoms with Crippen molar-refractivity contribution in [1.82, 2.24) is 38.7 Å². The number of piperidine rings is 1. The Labute approximate surface area is 365 Å². The molecule has 5 heterocycles. The summed E-state index contributed by atoms with van der Waals surface area (Å²) in [5, 5.41) is 4.34. The molecular weight excluding hydrogens is 809 g/mol. The lowest BCUT2D eigenvalue weighted by atomic mass is 9.85. The fraction of sp³-hybridized carbons (Fsp3) is 0.553. The van der Waals surface area contributed by atoms with Gasteiger partial charge in [0, 0.05) is 63.3 Å². The summed E-state index contributed by atoms with van der Waals surface area (Å²) in [4.78, 5) is 66.8. The molecule has 1 saturated heterocycles. The van der Waals surface area contributed by atoms with E-state index < -0.39 is 24.1 Å². The zero-order chi connectivity index (χ0) is 43.9. The molecule has 4 aliphatic rings. The summed E-state index contributed by atoms with van der Waals surface area (Å²) in [5.74, 6) is 0.735. The van der Waals surface area contributed by atoms with Gasteiger partial charge in [-0.1, -0.05) is 25.0 Å². The zero-order valence-corrected chi connectivity index (χ0v) is 36.4. The Bertz CT molecular complexity index is 2540. The highest BCUT2D eigenvalue weighted by atomic mass is 19.3. The number of benzene rings is 1. The van der Waals surface area contributed by atoms with Crippen LogP contribution in [0.25, 0.3) is 22.5 Å². The largest absolute Gasteiger partial charge is 0.444 e. The highest BCUT2D eigenvalue weighted by Gasteiger charge is 2.34. The molecule has 14 nitrogen and oxygen atoms in total. The van der Waals surface area contributed by atoms with E-state index in [0.717, 1.165) is 99.2 Å².